The predicted octanol–water partition coefficient (Wildman–Crippen LogP) is 5.10. The summed E-state index contributed by atoms with van der Waals surface area (Å²) in [5.41, 5.74) is 5.21. The van der Waals surface area contributed by atoms with Crippen molar-refractivity contribution in [2.24, 2.45) is 0 Å². The third kappa shape index (κ3) is 1.85. The fraction of sp³-hybridized carbons (Fsp3) is 0.0769. The molecule has 0 unspecified atom stereocenters. The second-order valence-corrected chi connectivity index (χ2v) is 7.85. The molecule has 2 aromatic rings. The molecule has 18 heavy (non-hydrogen) atoms. The topological polar surface area (TPSA) is 0 Å². The van der Waals surface area contributed by atoms with Crippen molar-refractivity contribution < 1.29 is 0 Å². The van der Waals surface area contributed by atoms with Crippen LogP contribution in [0, 0.1) is 0 Å². The lowest BCUT2D eigenvalue weighted by atomic mass is 10.1. The molecular weight excluding hydrogens is 504 g/mol. The van der Waals surface area contributed by atoms with Crippen LogP contribution in [0.15, 0.2) is 36.1 Å². The van der Waals surface area contributed by atoms with Gasteiger partial charge in [-0.1, -0.05) is 28.1 Å². The Balaban J connectivity index is 2.44. The molecule has 1 aliphatic carbocycles. The summed E-state index contributed by atoms with van der Waals surface area (Å²) in [6, 6.07) is 6.35. The summed E-state index contributed by atoms with van der Waals surface area (Å²) in [7, 11) is 3.74. The van der Waals surface area contributed by atoms with E-state index in [1.54, 1.807) is 0 Å². The molecular formula is C13H5Br4Si. The minimum absolute atomic E-state index is 0.952. The van der Waals surface area contributed by atoms with Gasteiger partial charge in [0, 0.05) is 29.0 Å². The van der Waals surface area contributed by atoms with E-state index in [4.69, 9.17) is 0 Å². The molecule has 0 saturated heterocycles. The van der Waals surface area contributed by atoms with Crippen molar-refractivity contribution in [3.8, 4) is 11.1 Å². The van der Waals surface area contributed by atoms with Gasteiger partial charge in [0.15, 0.2) is 0 Å². The second kappa shape index (κ2) is 4.84. The van der Waals surface area contributed by atoms with E-state index in [2.05, 4.69) is 92.2 Å². The third-order valence-electron chi connectivity index (χ3n) is 3.15. The molecule has 5 heteroatoms. The largest absolute Gasteiger partial charge is 0.0732 e. The number of hydrogen-bond donors (Lipinski definition) is 0. The monoisotopic (exact) mass is 505 g/mol. The summed E-state index contributed by atoms with van der Waals surface area (Å²) in [4.78, 5) is 0. The van der Waals surface area contributed by atoms with E-state index in [1.807, 2.05) is 0 Å². The SMILES string of the molecule is [Si]c1c(Br)c(Br)c(Br)c2c1Cc1cccc(Br)c1-2. The normalized spacial score (nSPS) is 12.5. The number of benzene rings is 2. The van der Waals surface area contributed by atoms with Gasteiger partial charge in [0.2, 0.25) is 0 Å². The molecule has 0 atom stereocenters. The zero-order valence-electron chi connectivity index (χ0n) is 8.95. The summed E-state index contributed by atoms with van der Waals surface area (Å²) in [6.07, 6.45) is 0.952. The highest BCUT2D eigenvalue weighted by molar-refractivity contribution is 9.14. The van der Waals surface area contributed by atoms with E-state index in [9.17, 15) is 0 Å². The van der Waals surface area contributed by atoms with Crippen molar-refractivity contribution in [1.82, 2.24) is 0 Å². The molecule has 0 N–H and O–H groups in total. The first-order valence-electron chi connectivity index (χ1n) is 5.21. The lowest BCUT2D eigenvalue weighted by Crippen LogP contribution is -2.12. The zero-order valence-corrected chi connectivity index (χ0v) is 16.3. The van der Waals surface area contributed by atoms with E-state index in [-0.39, 0.29) is 0 Å². The van der Waals surface area contributed by atoms with E-state index >= 15 is 0 Å². The zero-order chi connectivity index (χ0) is 13.0. The van der Waals surface area contributed by atoms with Crippen LogP contribution < -0.4 is 5.19 Å². The molecule has 1 aliphatic rings. The second-order valence-electron chi connectivity index (χ2n) is 4.12. The Morgan fingerprint density at radius 2 is 1.61 bits per heavy atom. The van der Waals surface area contributed by atoms with Gasteiger partial charge in [0.05, 0.1) is 10.2 Å². The minimum atomic E-state index is 0.952. The maximum Gasteiger partial charge on any atom is 0.0732 e. The highest BCUT2D eigenvalue weighted by atomic mass is 79.9. The van der Waals surface area contributed by atoms with Crippen LogP contribution in [-0.4, -0.2) is 10.2 Å². The quantitative estimate of drug-likeness (QED) is 0.293. The fourth-order valence-electron chi connectivity index (χ4n) is 2.33. The molecule has 0 amide bonds. The van der Waals surface area contributed by atoms with Crippen LogP contribution in [0.2, 0.25) is 0 Å². The number of hydrogen-bond acceptors (Lipinski definition) is 0. The Hall–Kier alpha value is 0.577. The van der Waals surface area contributed by atoms with Gasteiger partial charge in [0.1, 0.15) is 0 Å². The van der Waals surface area contributed by atoms with Crippen molar-refractivity contribution in [3.05, 3.63) is 47.2 Å². The van der Waals surface area contributed by atoms with Crippen LogP contribution in [0.5, 0.6) is 0 Å². The average molecular weight is 509 g/mol. The Morgan fingerprint density at radius 3 is 2.33 bits per heavy atom. The van der Waals surface area contributed by atoms with Crippen LogP contribution in [0.3, 0.4) is 0 Å². The van der Waals surface area contributed by atoms with Crippen LogP contribution in [0.1, 0.15) is 11.1 Å². The van der Waals surface area contributed by atoms with Crippen LogP contribution in [-0.2, 0) is 6.42 Å². The molecule has 0 bridgehead atoms. The standard InChI is InChI=1S/C13H5Br4Si/c14-7-3-1-2-5-4-6-9(8(5)7)10(15)11(16)12(17)13(6)18/h1-3H,4H2. The smallest absolute Gasteiger partial charge is 0.0608 e. The Bertz CT molecular complexity index is 679. The van der Waals surface area contributed by atoms with Crippen LogP contribution in [0.4, 0.5) is 0 Å². The molecule has 0 aromatic heterocycles. The van der Waals surface area contributed by atoms with Gasteiger partial charge in [-0.05, 0) is 76.6 Å². The first kappa shape index (κ1) is 13.6. The minimum Gasteiger partial charge on any atom is -0.0608 e. The van der Waals surface area contributed by atoms with Crippen molar-refractivity contribution in [3.63, 3.8) is 0 Å². The Kier molecular flexibility index (Phi) is 3.65. The molecule has 0 nitrogen and oxygen atoms in total. The molecule has 3 radical (unpaired) electrons. The molecule has 0 aliphatic heterocycles. The van der Waals surface area contributed by atoms with Crippen molar-refractivity contribution in [2.75, 3.05) is 0 Å². The van der Waals surface area contributed by atoms with Gasteiger partial charge < -0.3 is 0 Å². The Morgan fingerprint density at radius 1 is 0.889 bits per heavy atom. The van der Waals surface area contributed by atoms with Crippen molar-refractivity contribution >= 4 is 79.1 Å². The molecule has 0 fully saturated rings. The van der Waals surface area contributed by atoms with Crippen molar-refractivity contribution in [1.29, 1.82) is 0 Å². The average Bonchev–Trinajstić information content (AvgIpc) is 2.75. The summed E-state index contributed by atoms with van der Waals surface area (Å²) < 4.78 is 4.32. The first-order valence-corrected chi connectivity index (χ1v) is 8.88. The van der Waals surface area contributed by atoms with Gasteiger partial charge in [-0.25, -0.2) is 0 Å². The lowest BCUT2D eigenvalue weighted by molar-refractivity contribution is 1.27. The molecule has 89 valence electrons. The Labute approximate surface area is 142 Å². The lowest BCUT2D eigenvalue weighted by Gasteiger charge is -2.13. The summed E-state index contributed by atoms with van der Waals surface area (Å²) >= 11 is 14.6. The maximum absolute atomic E-state index is 3.74. The number of halogens is 4. The highest BCUT2D eigenvalue weighted by Gasteiger charge is 2.27. The van der Waals surface area contributed by atoms with E-state index in [1.165, 1.54) is 22.3 Å². The van der Waals surface area contributed by atoms with Gasteiger partial charge in [0.25, 0.3) is 0 Å². The van der Waals surface area contributed by atoms with E-state index in [0.29, 0.717) is 0 Å². The molecule has 0 spiro atoms. The van der Waals surface area contributed by atoms with E-state index in [0.717, 1.165) is 29.5 Å². The predicted molar refractivity (Wildman–Crippen MR) is 90.9 cm³/mol. The van der Waals surface area contributed by atoms with Crippen LogP contribution >= 0.6 is 63.7 Å². The van der Waals surface area contributed by atoms with E-state index < -0.39 is 0 Å². The summed E-state index contributed by atoms with van der Waals surface area (Å²) in [6.45, 7) is 0. The molecule has 0 saturated carbocycles. The van der Waals surface area contributed by atoms with Gasteiger partial charge in [-0.3, -0.25) is 0 Å². The van der Waals surface area contributed by atoms with Crippen LogP contribution in [0.25, 0.3) is 11.1 Å². The van der Waals surface area contributed by atoms with Crippen molar-refractivity contribution in [2.45, 2.75) is 6.42 Å². The molecule has 3 rings (SSSR count). The molecule has 2 aromatic carbocycles. The summed E-state index contributed by atoms with van der Waals surface area (Å²) in [5, 5.41) is 1.11. The molecule has 0 heterocycles. The number of fused-ring (bicyclic) bond motifs is 3. The van der Waals surface area contributed by atoms with Gasteiger partial charge >= 0.3 is 0 Å². The first-order chi connectivity index (χ1) is 8.52. The fourth-order valence-corrected chi connectivity index (χ4v) is 5.19. The van der Waals surface area contributed by atoms with Gasteiger partial charge in [-0.2, -0.15) is 0 Å². The maximum atomic E-state index is 3.74. The highest BCUT2D eigenvalue weighted by Crippen LogP contribution is 2.48. The summed E-state index contributed by atoms with van der Waals surface area (Å²) in [5.74, 6) is 0. The number of rotatable bonds is 0. The third-order valence-corrected chi connectivity index (χ3v) is 8.17. The van der Waals surface area contributed by atoms with Gasteiger partial charge in [-0.15, -0.1) is 0 Å².